The van der Waals surface area contributed by atoms with Gasteiger partial charge in [-0.2, -0.15) is 0 Å². The van der Waals surface area contributed by atoms with Crippen LogP contribution in [0.5, 0.6) is 0 Å². The smallest absolute Gasteiger partial charge is 0.290 e. The van der Waals surface area contributed by atoms with E-state index in [1.54, 1.807) is 6.07 Å². The molecule has 0 atom stereocenters. The molecule has 96 valence electrons. The summed E-state index contributed by atoms with van der Waals surface area (Å²) in [6.07, 6.45) is 9.18. The van der Waals surface area contributed by atoms with Gasteiger partial charge in [-0.15, -0.1) is 0 Å². The summed E-state index contributed by atoms with van der Waals surface area (Å²) < 4.78 is 4.95. The summed E-state index contributed by atoms with van der Waals surface area (Å²) in [6, 6.07) is 1.63. The van der Waals surface area contributed by atoms with Gasteiger partial charge < -0.3 is 9.84 Å². The average Bonchev–Trinajstić information content (AvgIpc) is 2.79. The number of carbonyl (C=O) groups is 1. The molecule has 4 bridgehead atoms. The standard InChI is InChI=1S/C14H18N2O2/c17-13(12-1-2-15-18-12)16-14-6-9-3-10(7-14)5-11(4-9)8-14/h1-2,9-11H,3-8H2,(H,16,17). The Kier molecular flexibility index (Phi) is 2.11. The van der Waals surface area contributed by atoms with Crippen molar-refractivity contribution in [1.29, 1.82) is 0 Å². The van der Waals surface area contributed by atoms with Crippen molar-refractivity contribution in [2.24, 2.45) is 17.8 Å². The number of carbonyl (C=O) groups excluding carboxylic acids is 1. The number of aromatic nitrogens is 1. The first kappa shape index (κ1) is 10.6. The van der Waals surface area contributed by atoms with Gasteiger partial charge in [-0.25, -0.2) is 0 Å². The molecule has 0 spiro atoms. The van der Waals surface area contributed by atoms with Crippen LogP contribution < -0.4 is 5.32 Å². The fourth-order valence-corrected chi connectivity index (χ4v) is 4.90. The second-order valence-corrected chi connectivity index (χ2v) is 6.53. The number of amides is 1. The third kappa shape index (κ3) is 1.58. The summed E-state index contributed by atoms with van der Waals surface area (Å²) in [4.78, 5) is 12.1. The van der Waals surface area contributed by atoms with E-state index in [1.807, 2.05) is 0 Å². The van der Waals surface area contributed by atoms with Crippen LogP contribution >= 0.6 is 0 Å². The van der Waals surface area contributed by atoms with Crippen LogP contribution in [-0.4, -0.2) is 16.6 Å². The van der Waals surface area contributed by atoms with E-state index in [2.05, 4.69) is 10.5 Å². The molecule has 1 aromatic heterocycles. The Morgan fingerprint density at radius 1 is 1.22 bits per heavy atom. The van der Waals surface area contributed by atoms with E-state index in [9.17, 15) is 4.79 Å². The van der Waals surface area contributed by atoms with Gasteiger partial charge in [0.05, 0.1) is 6.20 Å². The molecular formula is C14H18N2O2. The van der Waals surface area contributed by atoms with Gasteiger partial charge >= 0.3 is 0 Å². The fraction of sp³-hybridized carbons (Fsp3) is 0.714. The van der Waals surface area contributed by atoms with Crippen LogP contribution in [0.3, 0.4) is 0 Å². The average molecular weight is 246 g/mol. The minimum atomic E-state index is -0.0885. The van der Waals surface area contributed by atoms with Crippen molar-refractivity contribution in [3.05, 3.63) is 18.0 Å². The number of nitrogens with zero attached hydrogens (tertiary/aromatic N) is 1. The quantitative estimate of drug-likeness (QED) is 0.871. The molecule has 0 aromatic carbocycles. The Morgan fingerprint density at radius 3 is 2.33 bits per heavy atom. The zero-order valence-corrected chi connectivity index (χ0v) is 10.4. The van der Waals surface area contributed by atoms with Gasteiger partial charge in [0.2, 0.25) is 5.76 Å². The SMILES string of the molecule is O=C(NC12CC3CC(CC(C3)C1)C2)c1ccno1. The van der Waals surface area contributed by atoms with Gasteiger partial charge in [-0.1, -0.05) is 5.16 Å². The first-order valence-corrected chi connectivity index (χ1v) is 6.96. The fourth-order valence-electron chi connectivity index (χ4n) is 4.90. The molecule has 18 heavy (non-hydrogen) atoms. The molecule has 5 rings (SSSR count). The molecule has 0 aliphatic heterocycles. The third-order valence-corrected chi connectivity index (χ3v) is 5.08. The van der Waals surface area contributed by atoms with Crippen LogP contribution in [0.4, 0.5) is 0 Å². The van der Waals surface area contributed by atoms with Crippen LogP contribution in [0.25, 0.3) is 0 Å². The second kappa shape index (κ2) is 3.59. The van der Waals surface area contributed by atoms with Gasteiger partial charge in [0.1, 0.15) is 0 Å². The minimum absolute atomic E-state index is 0.0542. The molecule has 4 aliphatic rings. The molecule has 4 heteroatoms. The minimum Gasteiger partial charge on any atom is -0.351 e. The lowest BCUT2D eigenvalue weighted by Gasteiger charge is -2.56. The first-order chi connectivity index (χ1) is 8.72. The predicted molar refractivity (Wildman–Crippen MR) is 64.9 cm³/mol. The zero-order chi connectivity index (χ0) is 12.2. The Bertz CT molecular complexity index is 431. The molecule has 1 aromatic rings. The maximum absolute atomic E-state index is 12.1. The molecule has 0 unspecified atom stereocenters. The van der Waals surface area contributed by atoms with Gasteiger partial charge in [0.15, 0.2) is 0 Å². The number of hydrogen-bond donors (Lipinski definition) is 1. The van der Waals surface area contributed by atoms with E-state index >= 15 is 0 Å². The lowest BCUT2D eigenvalue weighted by Crippen LogP contribution is -2.59. The molecule has 4 saturated carbocycles. The predicted octanol–water partition coefficient (Wildman–Crippen LogP) is 2.37. The summed E-state index contributed by atoms with van der Waals surface area (Å²) in [6.45, 7) is 0. The third-order valence-electron chi connectivity index (χ3n) is 5.08. The van der Waals surface area contributed by atoms with Crippen LogP contribution in [0.1, 0.15) is 49.1 Å². The van der Waals surface area contributed by atoms with Crippen LogP contribution in [0.2, 0.25) is 0 Å². The maximum atomic E-state index is 12.1. The summed E-state index contributed by atoms with van der Waals surface area (Å²) in [5, 5.41) is 6.86. The molecule has 4 aliphatic carbocycles. The Labute approximate surface area is 106 Å². The summed E-state index contributed by atoms with van der Waals surface area (Å²) in [5.74, 6) is 2.77. The number of rotatable bonds is 2. The maximum Gasteiger partial charge on any atom is 0.290 e. The highest BCUT2D eigenvalue weighted by molar-refractivity contribution is 5.91. The van der Waals surface area contributed by atoms with Crippen LogP contribution in [0.15, 0.2) is 16.8 Å². The number of hydrogen-bond acceptors (Lipinski definition) is 3. The lowest BCUT2D eigenvalue weighted by atomic mass is 9.53. The van der Waals surface area contributed by atoms with Crippen LogP contribution in [-0.2, 0) is 0 Å². The monoisotopic (exact) mass is 246 g/mol. The highest BCUT2D eigenvalue weighted by Crippen LogP contribution is 2.55. The molecule has 4 fully saturated rings. The molecule has 1 amide bonds. The Hall–Kier alpha value is -1.32. The van der Waals surface area contributed by atoms with Crippen molar-refractivity contribution in [2.75, 3.05) is 0 Å². The first-order valence-electron chi connectivity index (χ1n) is 6.96. The van der Waals surface area contributed by atoms with Crippen molar-refractivity contribution in [1.82, 2.24) is 10.5 Å². The van der Waals surface area contributed by atoms with Crippen molar-refractivity contribution in [3.63, 3.8) is 0 Å². The summed E-state index contributed by atoms with van der Waals surface area (Å²) in [7, 11) is 0. The zero-order valence-electron chi connectivity index (χ0n) is 10.4. The van der Waals surface area contributed by atoms with Crippen molar-refractivity contribution in [3.8, 4) is 0 Å². The van der Waals surface area contributed by atoms with Gasteiger partial charge in [-0.3, -0.25) is 4.79 Å². The van der Waals surface area contributed by atoms with Crippen molar-refractivity contribution in [2.45, 2.75) is 44.1 Å². The van der Waals surface area contributed by atoms with E-state index in [4.69, 9.17) is 4.52 Å². The normalized spacial score (nSPS) is 41.0. The topological polar surface area (TPSA) is 55.1 Å². The Balaban J connectivity index is 1.56. The molecule has 1 N–H and O–H groups in total. The van der Waals surface area contributed by atoms with E-state index in [0.717, 1.165) is 17.8 Å². The second-order valence-electron chi connectivity index (χ2n) is 6.53. The molecular weight excluding hydrogens is 228 g/mol. The highest BCUT2D eigenvalue weighted by atomic mass is 16.5. The van der Waals surface area contributed by atoms with E-state index in [0.29, 0.717) is 5.76 Å². The van der Waals surface area contributed by atoms with Crippen molar-refractivity contribution >= 4 is 5.91 Å². The van der Waals surface area contributed by atoms with E-state index < -0.39 is 0 Å². The van der Waals surface area contributed by atoms with Crippen molar-refractivity contribution < 1.29 is 9.32 Å². The molecule has 4 nitrogen and oxygen atoms in total. The van der Waals surface area contributed by atoms with E-state index in [1.165, 1.54) is 44.7 Å². The largest absolute Gasteiger partial charge is 0.351 e. The van der Waals surface area contributed by atoms with E-state index in [-0.39, 0.29) is 11.4 Å². The highest BCUT2D eigenvalue weighted by Gasteiger charge is 2.51. The summed E-state index contributed by atoms with van der Waals surface area (Å²) in [5.41, 5.74) is 0.0542. The number of nitrogens with one attached hydrogen (secondary N) is 1. The lowest BCUT2D eigenvalue weighted by molar-refractivity contribution is -0.0172. The van der Waals surface area contributed by atoms with Crippen LogP contribution in [0, 0.1) is 17.8 Å². The summed E-state index contributed by atoms with van der Waals surface area (Å²) >= 11 is 0. The van der Waals surface area contributed by atoms with Gasteiger partial charge in [0, 0.05) is 11.6 Å². The molecule has 0 radical (unpaired) electrons. The van der Waals surface area contributed by atoms with Gasteiger partial charge in [0.25, 0.3) is 5.91 Å². The Morgan fingerprint density at radius 2 is 1.83 bits per heavy atom. The molecule has 1 heterocycles. The van der Waals surface area contributed by atoms with Gasteiger partial charge in [-0.05, 0) is 56.3 Å². The molecule has 0 saturated heterocycles.